The highest BCUT2D eigenvalue weighted by Crippen LogP contribution is 2.41. The topological polar surface area (TPSA) is 12.0 Å². The molecule has 1 aliphatic carbocycles. The van der Waals surface area contributed by atoms with E-state index in [1.165, 1.54) is 0 Å². The lowest BCUT2D eigenvalue weighted by molar-refractivity contribution is -0.0369. The van der Waals surface area contributed by atoms with Crippen molar-refractivity contribution in [1.82, 2.24) is 5.32 Å². The van der Waals surface area contributed by atoms with E-state index in [0.717, 1.165) is 5.57 Å². The molecule has 0 radical (unpaired) electrons. The molecule has 0 amide bonds. The van der Waals surface area contributed by atoms with Crippen LogP contribution in [0.5, 0.6) is 0 Å². The summed E-state index contributed by atoms with van der Waals surface area (Å²) in [6.07, 6.45) is 1.51. The fraction of sp³-hybridized carbons (Fsp3) is 0.667. The Morgan fingerprint density at radius 3 is 2.44 bits per heavy atom. The quantitative estimate of drug-likeness (QED) is 0.571. The first-order chi connectivity index (χ1) is 4.14. The fourth-order valence-electron chi connectivity index (χ4n) is 0.919. The molecule has 52 valence electrons. The molecule has 0 aromatic heterocycles. The Hall–Kier alpha value is -0.600. The average molecular weight is 133 g/mol. The summed E-state index contributed by atoms with van der Waals surface area (Å²) in [5.41, 5.74) is 0.808. The number of hydrogen-bond acceptors (Lipinski definition) is 1. The molecule has 0 saturated heterocycles. The van der Waals surface area contributed by atoms with Crippen molar-refractivity contribution in [1.29, 1.82) is 0 Å². The van der Waals surface area contributed by atoms with Crippen LogP contribution < -0.4 is 5.32 Å². The molecule has 1 aliphatic rings. The fourth-order valence-corrected chi connectivity index (χ4v) is 0.919. The van der Waals surface area contributed by atoms with Crippen molar-refractivity contribution in [3.05, 3.63) is 11.8 Å². The van der Waals surface area contributed by atoms with Crippen LogP contribution in [0.1, 0.15) is 12.8 Å². The Labute approximate surface area is 52.7 Å². The maximum atomic E-state index is 12.0. The summed E-state index contributed by atoms with van der Waals surface area (Å²) in [5.74, 6) is -2.41. The molecule has 1 rings (SSSR count). The summed E-state index contributed by atoms with van der Waals surface area (Å²) in [4.78, 5) is 0. The minimum absolute atomic E-state index is 0.0617. The molecule has 1 nitrogen and oxygen atoms in total. The minimum atomic E-state index is -2.41. The highest BCUT2D eigenvalue weighted by molar-refractivity contribution is 5.16. The predicted molar refractivity (Wildman–Crippen MR) is 31.3 cm³/mol. The molecular weight excluding hydrogens is 124 g/mol. The van der Waals surface area contributed by atoms with Gasteiger partial charge in [0.25, 0.3) is 5.92 Å². The lowest BCUT2D eigenvalue weighted by atomic mass is 9.89. The van der Waals surface area contributed by atoms with Crippen LogP contribution >= 0.6 is 0 Å². The molecule has 1 saturated carbocycles. The van der Waals surface area contributed by atoms with Gasteiger partial charge in [0.05, 0.1) is 0 Å². The normalized spacial score (nSPS) is 22.8. The molecule has 1 fully saturated rings. The Balaban J connectivity index is 2.35. The monoisotopic (exact) mass is 133 g/mol. The number of hydrogen-bond donors (Lipinski definition) is 1. The second kappa shape index (κ2) is 1.97. The van der Waals surface area contributed by atoms with E-state index >= 15 is 0 Å². The summed E-state index contributed by atoms with van der Waals surface area (Å²) >= 11 is 0. The first-order valence-electron chi connectivity index (χ1n) is 2.87. The molecule has 0 aliphatic heterocycles. The number of nitrogens with one attached hydrogen (secondary N) is 1. The van der Waals surface area contributed by atoms with Gasteiger partial charge in [-0.05, 0) is 11.8 Å². The first-order valence-corrected chi connectivity index (χ1v) is 2.87. The smallest absolute Gasteiger partial charge is 0.255 e. The second-order valence-electron chi connectivity index (χ2n) is 2.30. The maximum Gasteiger partial charge on any atom is 0.255 e. The van der Waals surface area contributed by atoms with E-state index in [2.05, 4.69) is 5.32 Å². The van der Waals surface area contributed by atoms with Crippen LogP contribution in [0.2, 0.25) is 0 Å². The van der Waals surface area contributed by atoms with Crippen molar-refractivity contribution >= 4 is 0 Å². The van der Waals surface area contributed by atoms with Crippen LogP contribution in [0.25, 0.3) is 0 Å². The minimum Gasteiger partial charge on any atom is -0.394 e. The Kier molecular flexibility index (Phi) is 1.43. The third-order valence-electron chi connectivity index (χ3n) is 1.32. The molecule has 3 heteroatoms. The van der Waals surface area contributed by atoms with Crippen molar-refractivity contribution < 1.29 is 8.78 Å². The zero-order valence-corrected chi connectivity index (χ0v) is 5.25. The van der Waals surface area contributed by atoms with Crippen LogP contribution in [0, 0.1) is 0 Å². The molecule has 0 aromatic carbocycles. The number of alkyl halides is 2. The van der Waals surface area contributed by atoms with Gasteiger partial charge in [-0.25, -0.2) is 8.78 Å². The summed E-state index contributed by atoms with van der Waals surface area (Å²) in [6.45, 7) is 0. The molecular formula is C6H9F2N. The SMILES string of the molecule is CNC=C1CC(F)(F)C1. The van der Waals surface area contributed by atoms with Gasteiger partial charge in [-0.2, -0.15) is 0 Å². The molecule has 1 N–H and O–H groups in total. The van der Waals surface area contributed by atoms with E-state index in [0.29, 0.717) is 0 Å². The molecule has 0 heterocycles. The van der Waals surface area contributed by atoms with Crippen LogP contribution in [0.4, 0.5) is 8.78 Å². The van der Waals surface area contributed by atoms with Crippen molar-refractivity contribution in [3.8, 4) is 0 Å². The van der Waals surface area contributed by atoms with Crippen molar-refractivity contribution in [3.63, 3.8) is 0 Å². The van der Waals surface area contributed by atoms with Gasteiger partial charge in [0.1, 0.15) is 0 Å². The van der Waals surface area contributed by atoms with E-state index in [1.54, 1.807) is 13.2 Å². The third kappa shape index (κ3) is 1.40. The molecule has 0 bridgehead atoms. The van der Waals surface area contributed by atoms with E-state index in [9.17, 15) is 8.78 Å². The number of allylic oxidation sites excluding steroid dienone is 1. The number of rotatable bonds is 1. The zero-order chi connectivity index (χ0) is 6.91. The van der Waals surface area contributed by atoms with Gasteiger partial charge < -0.3 is 5.32 Å². The Bertz CT molecular complexity index is 130. The van der Waals surface area contributed by atoms with Crippen molar-refractivity contribution in [2.75, 3.05) is 7.05 Å². The van der Waals surface area contributed by atoms with Gasteiger partial charge in [0.2, 0.25) is 0 Å². The molecule has 9 heavy (non-hydrogen) atoms. The Morgan fingerprint density at radius 2 is 2.11 bits per heavy atom. The lowest BCUT2D eigenvalue weighted by Gasteiger charge is -2.28. The van der Waals surface area contributed by atoms with E-state index in [-0.39, 0.29) is 12.8 Å². The highest BCUT2D eigenvalue weighted by atomic mass is 19.3. The van der Waals surface area contributed by atoms with E-state index in [4.69, 9.17) is 0 Å². The largest absolute Gasteiger partial charge is 0.394 e. The van der Waals surface area contributed by atoms with Crippen LogP contribution in [-0.4, -0.2) is 13.0 Å². The standard InChI is InChI=1S/C6H9F2N/c1-9-4-5-2-6(7,8)3-5/h4,9H,2-3H2,1H3. The molecule has 0 unspecified atom stereocenters. The van der Waals surface area contributed by atoms with Crippen molar-refractivity contribution in [2.45, 2.75) is 18.8 Å². The summed E-state index contributed by atoms with van der Waals surface area (Å²) in [6, 6.07) is 0. The summed E-state index contributed by atoms with van der Waals surface area (Å²) in [7, 11) is 1.71. The van der Waals surface area contributed by atoms with Crippen LogP contribution in [0.15, 0.2) is 11.8 Å². The van der Waals surface area contributed by atoms with Gasteiger partial charge in [-0.3, -0.25) is 0 Å². The summed E-state index contributed by atoms with van der Waals surface area (Å²) in [5, 5.41) is 2.71. The molecule has 0 spiro atoms. The lowest BCUT2D eigenvalue weighted by Crippen LogP contribution is -2.29. The van der Waals surface area contributed by atoms with E-state index in [1.807, 2.05) is 0 Å². The van der Waals surface area contributed by atoms with Crippen molar-refractivity contribution in [2.24, 2.45) is 0 Å². The average Bonchev–Trinajstić information content (AvgIpc) is 1.62. The van der Waals surface area contributed by atoms with Gasteiger partial charge in [-0.1, -0.05) is 0 Å². The van der Waals surface area contributed by atoms with Gasteiger partial charge in [0, 0.05) is 19.9 Å². The number of halogens is 2. The second-order valence-corrected chi connectivity index (χ2v) is 2.30. The van der Waals surface area contributed by atoms with Gasteiger partial charge >= 0.3 is 0 Å². The van der Waals surface area contributed by atoms with E-state index < -0.39 is 5.92 Å². The summed E-state index contributed by atoms with van der Waals surface area (Å²) < 4.78 is 24.1. The zero-order valence-electron chi connectivity index (χ0n) is 5.25. The molecule has 0 aromatic rings. The van der Waals surface area contributed by atoms with Gasteiger partial charge in [0.15, 0.2) is 0 Å². The predicted octanol–water partition coefficient (Wildman–Crippen LogP) is 1.52. The van der Waals surface area contributed by atoms with Gasteiger partial charge in [-0.15, -0.1) is 0 Å². The Morgan fingerprint density at radius 1 is 1.56 bits per heavy atom. The van der Waals surface area contributed by atoms with Crippen LogP contribution in [-0.2, 0) is 0 Å². The maximum absolute atomic E-state index is 12.0. The van der Waals surface area contributed by atoms with Crippen LogP contribution in [0.3, 0.4) is 0 Å². The first kappa shape index (κ1) is 6.52. The third-order valence-corrected chi connectivity index (χ3v) is 1.32. The molecule has 0 atom stereocenters. The highest BCUT2D eigenvalue weighted by Gasteiger charge is 2.40.